The van der Waals surface area contributed by atoms with Gasteiger partial charge < -0.3 is 5.32 Å². The fourth-order valence-corrected chi connectivity index (χ4v) is 5.09. The minimum atomic E-state index is -0.551. The zero-order valence-corrected chi connectivity index (χ0v) is 19.7. The van der Waals surface area contributed by atoms with Crippen LogP contribution in [0.25, 0.3) is 26.3 Å². The van der Waals surface area contributed by atoms with Gasteiger partial charge >= 0.3 is 6.03 Å². The van der Waals surface area contributed by atoms with Crippen LogP contribution in [0.3, 0.4) is 0 Å². The van der Waals surface area contributed by atoms with E-state index in [-0.39, 0.29) is 17.4 Å². The largest absolute Gasteiger partial charge is 0.336 e. The number of thiophene rings is 1. The van der Waals surface area contributed by atoms with Gasteiger partial charge in [-0.3, -0.25) is 19.5 Å². The number of hydrogen-bond acceptors (Lipinski definition) is 6. The standard InChI is InChI=1S/C24H22N4O3S2/c1-15(2)25-23(31)26-20(29)14-32-24-27-21-18(13-19(33-21)16-9-5-3-6-10-16)22(30)28(24)17-11-7-4-8-12-17/h3-13,15H,14H2,1-2H3,(H2,25,26,29,31). The van der Waals surface area contributed by atoms with Gasteiger partial charge in [-0.25, -0.2) is 9.78 Å². The van der Waals surface area contributed by atoms with Gasteiger partial charge in [0.15, 0.2) is 5.16 Å². The summed E-state index contributed by atoms with van der Waals surface area (Å²) in [5.41, 5.74) is 1.46. The summed E-state index contributed by atoms with van der Waals surface area (Å²) in [4.78, 5) is 43.9. The van der Waals surface area contributed by atoms with Crippen molar-refractivity contribution < 1.29 is 9.59 Å². The predicted octanol–water partition coefficient (Wildman–Crippen LogP) is 4.44. The quantitative estimate of drug-likeness (QED) is 0.316. The first-order valence-corrected chi connectivity index (χ1v) is 12.1. The second-order valence-corrected chi connectivity index (χ2v) is 9.50. The van der Waals surface area contributed by atoms with Crippen LogP contribution in [-0.4, -0.2) is 33.3 Å². The topological polar surface area (TPSA) is 93.1 Å². The van der Waals surface area contributed by atoms with Crippen molar-refractivity contribution in [1.29, 1.82) is 0 Å². The molecule has 0 aliphatic carbocycles. The molecule has 3 amide bonds. The number of para-hydroxylation sites is 1. The van der Waals surface area contributed by atoms with Crippen LogP contribution in [0.2, 0.25) is 0 Å². The smallest absolute Gasteiger partial charge is 0.321 e. The van der Waals surface area contributed by atoms with E-state index in [0.29, 0.717) is 21.1 Å². The van der Waals surface area contributed by atoms with Gasteiger partial charge in [-0.2, -0.15) is 0 Å². The Hall–Kier alpha value is -3.43. The first-order valence-electron chi connectivity index (χ1n) is 10.3. The summed E-state index contributed by atoms with van der Waals surface area (Å²) in [5, 5.41) is 5.82. The first kappa shape index (κ1) is 22.8. The molecular weight excluding hydrogens is 456 g/mol. The lowest BCUT2D eigenvalue weighted by Gasteiger charge is -2.12. The Kier molecular flexibility index (Phi) is 6.90. The number of fused-ring (bicyclic) bond motifs is 1. The maximum absolute atomic E-state index is 13.5. The summed E-state index contributed by atoms with van der Waals surface area (Å²) in [6.07, 6.45) is 0. The number of carbonyl (C=O) groups is 2. The second-order valence-electron chi connectivity index (χ2n) is 7.53. The van der Waals surface area contributed by atoms with E-state index < -0.39 is 11.9 Å². The number of urea groups is 1. The van der Waals surface area contributed by atoms with Gasteiger partial charge in [0.05, 0.1) is 16.8 Å². The fourth-order valence-electron chi connectivity index (χ4n) is 3.20. The number of aromatic nitrogens is 2. The fraction of sp³-hybridized carbons (Fsp3) is 0.167. The number of amides is 3. The number of rotatable bonds is 6. The van der Waals surface area contributed by atoms with Crippen LogP contribution >= 0.6 is 23.1 Å². The van der Waals surface area contributed by atoms with E-state index in [1.165, 1.54) is 15.9 Å². The van der Waals surface area contributed by atoms with Gasteiger partial charge in [0.2, 0.25) is 5.91 Å². The zero-order chi connectivity index (χ0) is 23.4. The highest BCUT2D eigenvalue weighted by Crippen LogP contribution is 2.32. The number of benzene rings is 2. The summed E-state index contributed by atoms with van der Waals surface area (Å²) in [7, 11) is 0. The van der Waals surface area contributed by atoms with Crippen LogP contribution in [-0.2, 0) is 4.79 Å². The molecule has 0 spiro atoms. The summed E-state index contributed by atoms with van der Waals surface area (Å²) in [6.45, 7) is 3.61. The Labute approximate surface area is 198 Å². The Morgan fingerprint density at radius 1 is 1.06 bits per heavy atom. The monoisotopic (exact) mass is 478 g/mol. The van der Waals surface area contributed by atoms with Crippen molar-refractivity contribution in [3.05, 3.63) is 77.1 Å². The van der Waals surface area contributed by atoms with Crippen LogP contribution in [0.1, 0.15) is 13.8 Å². The minimum Gasteiger partial charge on any atom is -0.336 e. The lowest BCUT2D eigenvalue weighted by Crippen LogP contribution is -2.43. The zero-order valence-electron chi connectivity index (χ0n) is 18.1. The lowest BCUT2D eigenvalue weighted by atomic mass is 10.2. The van der Waals surface area contributed by atoms with E-state index in [4.69, 9.17) is 4.98 Å². The lowest BCUT2D eigenvalue weighted by molar-refractivity contribution is -0.117. The highest BCUT2D eigenvalue weighted by Gasteiger charge is 2.18. The van der Waals surface area contributed by atoms with Gasteiger partial charge in [0.25, 0.3) is 5.56 Å². The number of carbonyl (C=O) groups excluding carboxylic acids is 2. The Morgan fingerprint density at radius 2 is 1.73 bits per heavy atom. The van der Waals surface area contributed by atoms with Crippen molar-refractivity contribution in [3.8, 4) is 16.1 Å². The summed E-state index contributed by atoms with van der Waals surface area (Å²) in [6, 6.07) is 20.2. The number of imide groups is 1. The molecule has 0 aliphatic rings. The molecule has 0 bridgehead atoms. The van der Waals surface area contributed by atoms with Crippen LogP contribution in [0, 0.1) is 0 Å². The Balaban J connectivity index is 1.70. The maximum atomic E-state index is 13.5. The van der Waals surface area contributed by atoms with Crippen molar-refractivity contribution >= 4 is 45.3 Å². The van der Waals surface area contributed by atoms with E-state index in [9.17, 15) is 14.4 Å². The predicted molar refractivity (Wildman–Crippen MR) is 133 cm³/mol. The van der Waals surface area contributed by atoms with Crippen molar-refractivity contribution in [3.63, 3.8) is 0 Å². The molecule has 9 heteroatoms. The molecular formula is C24H22N4O3S2. The Morgan fingerprint density at radius 3 is 2.39 bits per heavy atom. The third-order valence-corrected chi connectivity index (χ3v) is 6.63. The molecule has 4 rings (SSSR count). The van der Waals surface area contributed by atoms with Gasteiger partial charge in [0, 0.05) is 10.9 Å². The van der Waals surface area contributed by atoms with E-state index in [2.05, 4.69) is 10.6 Å². The highest BCUT2D eigenvalue weighted by molar-refractivity contribution is 7.99. The average Bonchev–Trinajstić information content (AvgIpc) is 3.23. The van der Waals surface area contributed by atoms with Gasteiger partial charge in [0.1, 0.15) is 4.83 Å². The van der Waals surface area contributed by atoms with Crippen molar-refractivity contribution in [2.24, 2.45) is 0 Å². The molecule has 0 unspecified atom stereocenters. The second kappa shape index (κ2) is 10.0. The van der Waals surface area contributed by atoms with Crippen LogP contribution < -0.4 is 16.2 Å². The van der Waals surface area contributed by atoms with Gasteiger partial charge in [-0.05, 0) is 37.6 Å². The molecule has 2 aromatic heterocycles. The van der Waals surface area contributed by atoms with Gasteiger partial charge in [-0.1, -0.05) is 60.3 Å². The molecule has 33 heavy (non-hydrogen) atoms. The molecule has 7 nitrogen and oxygen atoms in total. The van der Waals surface area contributed by atoms with E-state index in [0.717, 1.165) is 22.2 Å². The number of hydrogen-bond donors (Lipinski definition) is 2. The average molecular weight is 479 g/mol. The molecule has 2 heterocycles. The maximum Gasteiger partial charge on any atom is 0.321 e. The first-order chi connectivity index (χ1) is 15.9. The molecule has 2 N–H and O–H groups in total. The molecule has 0 fully saturated rings. The highest BCUT2D eigenvalue weighted by atomic mass is 32.2. The number of nitrogens with zero attached hydrogens (tertiary/aromatic N) is 2. The van der Waals surface area contributed by atoms with Crippen molar-refractivity contribution in [2.75, 3.05) is 5.75 Å². The number of nitrogens with one attached hydrogen (secondary N) is 2. The summed E-state index contributed by atoms with van der Waals surface area (Å²) < 4.78 is 1.51. The van der Waals surface area contributed by atoms with E-state index in [1.807, 2.05) is 66.7 Å². The normalized spacial score (nSPS) is 11.0. The van der Waals surface area contributed by atoms with E-state index >= 15 is 0 Å². The molecule has 0 radical (unpaired) electrons. The molecule has 4 aromatic rings. The van der Waals surface area contributed by atoms with Crippen LogP contribution in [0.4, 0.5) is 4.79 Å². The van der Waals surface area contributed by atoms with Crippen LogP contribution in [0.15, 0.2) is 76.7 Å². The van der Waals surface area contributed by atoms with Crippen LogP contribution in [0.5, 0.6) is 0 Å². The van der Waals surface area contributed by atoms with E-state index in [1.54, 1.807) is 13.8 Å². The SMILES string of the molecule is CC(C)NC(=O)NC(=O)CSc1nc2sc(-c3ccccc3)cc2c(=O)n1-c1ccccc1. The van der Waals surface area contributed by atoms with Crippen molar-refractivity contribution in [2.45, 2.75) is 25.0 Å². The minimum absolute atomic E-state index is 0.0623. The third kappa shape index (κ3) is 5.32. The Bertz CT molecular complexity index is 1350. The molecule has 0 atom stereocenters. The molecule has 0 saturated heterocycles. The summed E-state index contributed by atoms with van der Waals surface area (Å²) >= 11 is 2.54. The van der Waals surface area contributed by atoms with Crippen molar-refractivity contribution in [1.82, 2.24) is 20.2 Å². The molecule has 0 aliphatic heterocycles. The molecule has 2 aromatic carbocycles. The van der Waals surface area contributed by atoms with Gasteiger partial charge in [-0.15, -0.1) is 11.3 Å². The molecule has 168 valence electrons. The number of thioether (sulfide) groups is 1. The molecule has 0 saturated carbocycles. The third-order valence-electron chi connectivity index (χ3n) is 4.61. The summed E-state index contributed by atoms with van der Waals surface area (Å²) in [5.74, 6) is -0.531.